The number of halogens is 1. The first-order valence-electron chi connectivity index (χ1n) is 9.91. The third-order valence-electron chi connectivity index (χ3n) is 4.98. The lowest BCUT2D eigenvalue weighted by atomic mass is 10.2. The summed E-state index contributed by atoms with van der Waals surface area (Å²) in [5, 5.41) is 16.7. The molecule has 0 spiro atoms. The van der Waals surface area contributed by atoms with Crippen LogP contribution in [-0.2, 0) is 13.1 Å². The third-order valence-corrected chi connectivity index (χ3v) is 5.55. The maximum atomic E-state index is 6.31. The Labute approximate surface area is 191 Å². The molecule has 0 aliphatic heterocycles. The van der Waals surface area contributed by atoms with Gasteiger partial charge in [0.15, 0.2) is 5.11 Å². The fourth-order valence-electron chi connectivity index (χ4n) is 3.38. The summed E-state index contributed by atoms with van der Waals surface area (Å²) in [7, 11) is 0. The summed E-state index contributed by atoms with van der Waals surface area (Å²) >= 11 is 11.8. The number of nitrogens with zero attached hydrogens (tertiary/aromatic N) is 4. The van der Waals surface area contributed by atoms with Crippen LogP contribution in [0.5, 0.6) is 0 Å². The maximum absolute atomic E-state index is 6.31. The van der Waals surface area contributed by atoms with Crippen molar-refractivity contribution in [3.8, 4) is 0 Å². The highest BCUT2D eigenvalue weighted by Crippen LogP contribution is 2.23. The molecule has 4 rings (SSSR count). The van der Waals surface area contributed by atoms with Crippen LogP contribution in [0.15, 0.2) is 67.0 Å². The Bertz CT molecular complexity index is 1200. The van der Waals surface area contributed by atoms with Gasteiger partial charge in [-0.1, -0.05) is 60.1 Å². The Balaban J connectivity index is 1.41. The number of anilines is 2. The van der Waals surface area contributed by atoms with Gasteiger partial charge in [-0.05, 0) is 43.3 Å². The predicted octanol–water partition coefficient (Wildman–Crippen LogP) is 5.26. The molecule has 0 saturated carbocycles. The topological polar surface area (TPSA) is 59.7 Å². The predicted molar refractivity (Wildman–Crippen MR) is 130 cm³/mol. The van der Waals surface area contributed by atoms with Crippen LogP contribution >= 0.6 is 23.8 Å². The molecule has 158 valence electrons. The summed E-state index contributed by atoms with van der Waals surface area (Å²) in [5.41, 5.74) is 5.78. The minimum Gasteiger partial charge on any atom is -0.330 e. The Morgan fingerprint density at radius 3 is 2.52 bits per heavy atom. The molecule has 6 nitrogen and oxygen atoms in total. The second-order valence-electron chi connectivity index (χ2n) is 7.29. The largest absolute Gasteiger partial charge is 0.330 e. The van der Waals surface area contributed by atoms with Crippen LogP contribution in [0, 0.1) is 13.8 Å². The molecule has 2 N–H and O–H groups in total. The van der Waals surface area contributed by atoms with Gasteiger partial charge in [0.1, 0.15) is 0 Å². The lowest BCUT2D eigenvalue weighted by Gasteiger charge is -2.10. The molecule has 0 fully saturated rings. The van der Waals surface area contributed by atoms with Crippen LogP contribution in [0.2, 0.25) is 5.02 Å². The summed E-state index contributed by atoms with van der Waals surface area (Å²) in [6.45, 7) is 5.27. The van der Waals surface area contributed by atoms with Crippen LogP contribution in [0.3, 0.4) is 0 Å². The summed E-state index contributed by atoms with van der Waals surface area (Å²) in [6.07, 6.45) is 3.69. The smallest absolute Gasteiger partial charge is 0.175 e. The minimum absolute atomic E-state index is 0.489. The summed E-state index contributed by atoms with van der Waals surface area (Å²) in [6, 6.07) is 18.0. The van der Waals surface area contributed by atoms with Gasteiger partial charge in [-0.15, -0.1) is 0 Å². The van der Waals surface area contributed by atoms with Gasteiger partial charge >= 0.3 is 0 Å². The van der Waals surface area contributed by atoms with Crippen molar-refractivity contribution < 1.29 is 0 Å². The summed E-state index contributed by atoms with van der Waals surface area (Å²) < 4.78 is 3.80. The highest BCUT2D eigenvalue weighted by molar-refractivity contribution is 7.80. The zero-order valence-electron chi connectivity index (χ0n) is 17.3. The van der Waals surface area contributed by atoms with Crippen molar-refractivity contribution in [2.24, 2.45) is 0 Å². The van der Waals surface area contributed by atoms with Crippen LogP contribution < -0.4 is 10.6 Å². The number of aryl methyl sites for hydroxylation is 1. The molecule has 2 aromatic carbocycles. The van der Waals surface area contributed by atoms with E-state index < -0.39 is 0 Å². The van der Waals surface area contributed by atoms with Crippen molar-refractivity contribution in [2.45, 2.75) is 26.9 Å². The third kappa shape index (κ3) is 5.13. The number of benzene rings is 2. The first-order valence-corrected chi connectivity index (χ1v) is 10.7. The molecule has 0 amide bonds. The Hall–Kier alpha value is -3.16. The molecule has 0 radical (unpaired) electrons. The SMILES string of the molecule is Cc1nn(Cc2ccccc2Cl)c(C)c1NC(=S)Nc1cnn(Cc2ccccc2)c1. The Morgan fingerprint density at radius 2 is 1.74 bits per heavy atom. The minimum atomic E-state index is 0.489. The Morgan fingerprint density at radius 1 is 1.00 bits per heavy atom. The number of rotatable bonds is 6. The molecular formula is C23H23ClN6S. The van der Waals surface area contributed by atoms with Gasteiger partial charge in [-0.25, -0.2) is 0 Å². The number of hydrogen-bond acceptors (Lipinski definition) is 3. The molecule has 2 aromatic heterocycles. The van der Waals surface area contributed by atoms with E-state index in [-0.39, 0.29) is 0 Å². The second kappa shape index (κ2) is 9.32. The van der Waals surface area contributed by atoms with E-state index in [9.17, 15) is 0 Å². The van der Waals surface area contributed by atoms with E-state index in [0.29, 0.717) is 18.2 Å². The molecule has 0 unspecified atom stereocenters. The van der Waals surface area contributed by atoms with Gasteiger partial charge in [0.2, 0.25) is 0 Å². The highest BCUT2D eigenvalue weighted by Gasteiger charge is 2.14. The molecule has 0 aliphatic rings. The average Bonchev–Trinajstić information content (AvgIpc) is 3.29. The molecule has 31 heavy (non-hydrogen) atoms. The normalized spacial score (nSPS) is 10.8. The zero-order chi connectivity index (χ0) is 21.8. The van der Waals surface area contributed by atoms with Gasteiger partial charge in [0.25, 0.3) is 0 Å². The first kappa shape index (κ1) is 21.1. The van der Waals surface area contributed by atoms with Crippen LogP contribution in [0.25, 0.3) is 0 Å². The fourth-order valence-corrected chi connectivity index (χ4v) is 3.80. The highest BCUT2D eigenvalue weighted by atomic mass is 35.5. The number of thiocarbonyl (C=S) groups is 1. The average molecular weight is 451 g/mol. The number of hydrogen-bond donors (Lipinski definition) is 2. The van der Waals surface area contributed by atoms with E-state index in [1.54, 1.807) is 6.20 Å². The zero-order valence-corrected chi connectivity index (χ0v) is 18.9. The van der Waals surface area contributed by atoms with E-state index in [1.807, 2.05) is 71.9 Å². The van der Waals surface area contributed by atoms with Crippen molar-refractivity contribution in [3.05, 3.63) is 94.5 Å². The van der Waals surface area contributed by atoms with Crippen LogP contribution in [0.4, 0.5) is 11.4 Å². The lowest BCUT2D eigenvalue weighted by Crippen LogP contribution is -2.19. The molecule has 0 aliphatic carbocycles. The van der Waals surface area contributed by atoms with Crippen molar-refractivity contribution in [1.29, 1.82) is 0 Å². The van der Waals surface area contributed by atoms with E-state index in [2.05, 4.69) is 33.0 Å². The van der Waals surface area contributed by atoms with E-state index in [1.165, 1.54) is 5.56 Å². The maximum Gasteiger partial charge on any atom is 0.175 e. The fraction of sp³-hybridized carbons (Fsp3) is 0.174. The second-order valence-corrected chi connectivity index (χ2v) is 8.10. The summed E-state index contributed by atoms with van der Waals surface area (Å²) in [4.78, 5) is 0. The lowest BCUT2D eigenvalue weighted by molar-refractivity contribution is 0.659. The van der Waals surface area contributed by atoms with Crippen LogP contribution in [-0.4, -0.2) is 24.7 Å². The standard InChI is InChI=1S/C23H23ClN6S/c1-16-22(17(2)30(28-16)14-19-10-6-7-11-21(19)24)27-23(31)26-20-12-25-29(15-20)13-18-8-4-3-5-9-18/h3-12,15H,13-14H2,1-2H3,(H2,26,27,31). The van der Waals surface area contributed by atoms with E-state index in [0.717, 1.165) is 33.3 Å². The molecule has 0 bridgehead atoms. The Kier molecular flexibility index (Phi) is 6.34. The van der Waals surface area contributed by atoms with Gasteiger partial charge in [-0.2, -0.15) is 10.2 Å². The first-order chi connectivity index (χ1) is 15.0. The monoisotopic (exact) mass is 450 g/mol. The van der Waals surface area contributed by atoms with Crippen molar-refractivity contribution in [3.63, 3.8) is 0 Å². The van der Waals surface area contributed by atoms with Gasteiger partial charge in [0.05, 0.1) is 42.0 Å². The van der Waals surface area contributed by atoms with Crippen molar-refractivity contribution in [1.82, 2.24) is 19.6 Å². The molecule has 0 saturated heterocycles. The number of aromatic nitrogens is 4. The van der Waals surface area contributed by atoms with Crippen molar-refractivity contribution >= 4 is 40.3 Å². The van der Waals surface area contributed by atoms with Gasteiger partial charge in [-0.3, -0.25) is 9.36 Å². The molecule has 4 aromatic rings. The van der Waals surface area contributed by atoms with E-state index in [4.69, 9.17) is 23.8 Å². The van der Waals surface area contributed by atoms with Crippen LogP contribution in [0.1, 0.15) is 22.5 Å². The van der Waals surface area contributed by atoms with Gasteiger partial charge in [0, 0.05) is 11.2 Å². The molecule has 2 heterocycles. The quantitative estimate of drug-likeness (QED) is 0.392. The van der Waals surface area contributed by atoms with Crippen molar-refractivity contribution in [2.75, 3.05) is 10.6 Å². The molecule has 8 heteroatoms. The van der Waals surface area contributed by atoms with E-state index >= 15 is 0 Å². The molecular weight excluding hydrogens is 428 g/mol. The van der Waals surface area contributed by atoms with Gasteiger partial charge < -0.3 is 10.6 Å². The summed E-state index contributed by atoms with van der Waals surface area (Å²) in [5.74, 6) is 0. The molecule has 0 atom stereocenters. The number of nitrogens with one attached hydrogen (secondary N) is 2.